The minimum Gasteiger partial charge on any atom is -0.493 e. The van der Waals surface area contributed by atoms with Gasteiger partial charge >= 0.3 is 8.24 Å². The van der Waals surface area contributed by atoms with Crippen LogP contribution in [-0.2, 0) is 0 Å². The summed E-state index contributed by atoms with van der Waals surface area (Å²) in [5.41, 5.74) is 3.82. The van der Waals surface area contributed by atoms with Crippen LogP contribution in [0.25, 0.3) is 21.9 Å². The normalized spacial score (nSPS) is 22.6. The van der Waals surface area contributed by atoms with E-state index >= 15 is 0 Å². The van der Waals surface area contributed by atoms with Crippen molar-refractivity contribution in [2.24, 2.45) is 17.8 Å². The number of hydrogen-bond acceptors (Lipinski definition) is 4. The molecule has 0 bridgehead atoms. The molecule has 4 atom stereocenters. The Bertz CT molecular complexity index is 1090. The molecule has 1 heterocycles. The Balaban J connectivity index is 1.91. The van der Waals surface area contributed by atoms with Crippen molar-refractivity contribution in [2.45, 2.75) is 60.0 Å². The van der Waals surface area contributed by atoms with E-state index in [1.807, 2.05) is 12.1 Å². The molecule has 1 fully saturated rings. The summed E-state index contributed by atoms with van der Waals surface area (Å²) >= 11 is 0. The van der Waals surface area contributed by atoms with Gasteiger partial charge in [-0.1, -0.05) is 38.8 Å². The SMILES string of the molecule is COc1cc(C)cc2c1op(OC1CC(C)CCC1C(C)C)oc1ccc(C)cc12. The second kappa shape index (κ2) is 8.69. The Morgan fingerprint density at radius 1 is 1.00 bits per heavy atom. The maximum Gasteiger partial charge on any atom is 0.387 e. The van der Waals surface area contributed by atoms with Crippen LogP contribution in [0.5, 0.6) is 5.75 Å². The molecule has 3 aromatic rings. The highest BCUT2D eigenvalue weighted by atomic mass is 31.1. The molecule has 30 heavy (non-hydrogen) atoms. The molecule has 162 valence electrons. The lowest BCUT2D eigenvalue weighted by molar-refractivity contribution is 0.0746. The molecule has 0 aliphatic heterocycles. The molecule has 0 spiro atoms. The lowest BCUT2D eigenvalue weighted by atomic mass is 9.75. The molecular formula is C25H33O4P. The van der Waals surface area contributed by atoms with E-state index in [1.54, 1.807) is 7.11 Å². The van der Waals surface area contributed by atoms with Crippen molar-refractivity contribution in [3.05, 3.63) is 41.5 Å². The highest BCUT2D eigenvalue weighted by Crippen LogP contribution is 2.42. The average molecular weight is 429 g/mol. The highest BCUT2D eigenvalue weighted by molar-refractivity contribution is 7.31. The third-order valence-corrected chi connectivity index (χ3v) is 7.49. The largest absolute Gasteiger partial charge is 0.493 e. The first-order chi connectivity index (χ1) is 14.4. The fourth-order valence-electron chi connectivity index (χ4n) is 4.68. The molecule has 2 aromatic carbocycles. The van der Waals surface area contributed by atoms with Crippen LogP contribution < -0.4 is 9.26 Å². The van der Waals surface area contributed by atoms with Crippen LogP contribution >= 0.6 is 8.24 Å². The van der Waals surface area contributed by atoms with Gasteiger partial charge in [0.15, 0.2) is 11.3 Å². The van der Waals surface area contributed by atoms with Crippen molar-refractivity contribution in [2.75, 3.05) is 7.11 Å². The van der Waals surface area contributed by atoms with Gasteiger partial charge in [0.05, 0.1) is 13.2 Å². The summed E-state index contributed by atoms with van der Waals surface area (Å²) in [6.07, 6.45) is 3.65. The van der Waals surface area contributed by atoms with E-state index in [4.69, 9.17) is 17.7 Å². The van der Waals surface area contributed by atoms with Gasteiger partial charge < -0.3 is 13.1 Å². The monoisotopic (exact) mass is 428 g/mol. The summed E-state index contributed by atoms with van der Waals surface area (Å²) in [6, 6.07) is 10.4. The first-order valence-electron chi connectivity index (χ1n) is 11.0. The van der Waals surface area contributed by atoms with Crippen molar-refractivity contribution in [1.29, 1.82) is 0 Å². The Labute approximate surface area is 180 Å². The summed E-state index contributed by atoms with van der Waals surface area (Å²) < 4.78 is 25.1. The predicted molar refractivity (Wildman–Crippen MR) is 124 cm³/mol. The molecule has 0 N–H and O–H groups in total. The number of benzene rings is 2. The van der Waals surface area contributed by atoms with Crippen LogP contribution in [0.4, 0.5) is 0 Å². The summed E-state index contributed by atoms with van der Waals surface area (Å²) in [7, 11) is 0.0965. The van der Waals surface area contributed by atoms with Gasteiger partial charge in [-0.15, -0.1) is 0 Å². The van der Waals surface area contributed by atoms with Crippen LogP contribution in [0.15, 0.2) is 38.7 Å². The molecule has 0 radical (unpaired) electrons. The minimum absolute atomic E-state index is 0.145. The van der Waals surface area contributed by atoms with E-state index < -0.39 is 8.24 Å². The third-order valence-electron chi connectivity index (χ3n) is 6.37. The number of aryl methyl sites for hydroxylation is 2. The lowest BCUT2D eigenvalue weighted by Crippen LogP contribution is -2.35. The zero-order valence-electron chi connectivity index (χ0n) is 18.9. The first-order valence-corrected chi connectivity index (χ1v) is 12.1. The molecule has 1 saturated carbocycles. The molecule has 1 aliphatic rings. The molecule has 4 nitrogen and oxygen atoms in total. The van der Waals surface area contributed by atoms with Crippen molar-refractivity contribution in [1.82, 2.24) is 0 Å². The maximum absolute atomic E-state index is 6.60. The lowest BCUT2D eigenvalue weighted by Gasteiger charge is -2.35. The Morgan fingerprint density at radius 2 is 1.77 bits per heavy atom. The third kappa shape index (κ3) is 4.26. The Kier molecular flexibility index (Phi) is 6.18. The van der Waals surface area contributed by atoms with Crippen LogP contribution in [0.1, 0.15) is 51.2 Å². The van der Waals surface area contributed by atoms with Gasteiger partial charge in [-0.2, -0.15) is 0 Å². The average Bonchev–Trinajstić information content (AvgIpc) is 2.84. The number of rotatable bonds is 4. The number of fused-ring (bicyclic) bond motifs is 3. The smallest absolute Gasteiger partial charge is 0.387 e. The Hall–Kier alpha value is -1.90. The van der Waals surface area contributed by atoms with Crippen molar-refractivity contribution in [3.8, 4) is 5.75 Å². The fourth-order valence-corrected chi connectivity index (χ4v) is 5.93. The zero-order chi connectivity index (χ0) is 21.4. The van der Waals surface area contributed by atoms with Crippen molar-refractivity contribution >= 4 is 30.2 Å². The minimum atomic E-state index is -1.59. The van der Waals surface area contributed by atoms with Crippen molar-refractivity contribution in [3.63, 3.8) is 0 Å². The van der Waals surface area contributed by atoms with Gasteiger partial charge in [-0.3, -0.25) is 4.52 Å². The van der Waals surface area contributed by atoms with Gasteiger partial charge in [0.25, 0.3) is 0 Å². The van der Waals surface area contributed by atoms with E-state index in [0.717, 1.165) is 34.1 Å². The van der Waals surface area contributed by atoms with Crippen molar-refractivity contribution < 1.29 is 17.7 Å². The highest BCUT2D eigenvalue weighted by Gasteiger charge is 2.33. The molecule has 4 unspecified atom stereocenters. The van der Waals surface area contributed by atoms with Gasteiger partial charge in [0.2, 0.25) is 0 Å². The van der Waals surface area contributed by atoms with Crippen LogP contribution in [-0.4, -0.2) is 13.2 Å². The van der Waals surface area contributed by atoms with Gasteiger partial charge in [0.1, 0.15) is 5.58 Å². The second-order valence-electron chi connectivity index (χ2n) is 9.22. The molecule has 0 amide bonds. The molecule has 1 aromatic heterocycles. The molecular weight excluding hydrogens is 395 g/mol. The summed E-state index contributed by atoms with van der Waals surface area (Å²) in [5.74, 6) is 2.47. The fraction of sp³-hybridized carbons (Fsp3) is 0.520. The van der Waals surface area contributed by atoms with E-state index in [0.29, 0.717) is 23.3 Å². The van der Waals surface area contributed by atoms with E-state index in [-0.39, 0.29) is 6.10 Å². The summed E-state index contributed by atoms with van der Waals surface area (Å²) in [6.45, 7) is 11.1. The second-order valence-corrected chi connectivity index (χ2v) is 10.2. The molecule has 1 aliphatic carbocycles. The summed E-state index contributed by atoms with van der Waals surface area (Å²) in [5, 5.41) is 2.02. The maximum atomic E-state index is 6.60. The van der Waals surface area contributed by atoms with Gasteiger partial charge in [0, 0.05) is 10.8 Å². The topological polar surface area (TPSA) is 44.7 Å². The molecule has 4 rings (SSSR count). The summed E-state index contributed by atoms with van der Waals surface area (Å²) in [4.78, 5) is 0. The number of ether oxygens (including phenoxy) is 1. The van der Waals surface area contributed by atoms with E-state index in [1.165, 1.54) is 18.4 Å². The van der Waals surface area contributed by atoms with E-state index in [2.05, 4.69) is 52.8 Å². The van der Waals surface area contributed by atoms with Crippen LogP contribution in [0.2, 0.25) is 0 Å². The Morgan fingerprint density at radius 3 is 2.50 bits per heavy atom. The standard InChI is InChI=1S/C25H33O4P/c1-15(2)19-9-7-17(4)13-23(19)28-30-27-22-10-8-16(3)11-20(22)21-12-18(5)14-24(26-6)25(21)29-30/h8,10-12,14-15,17,19,23H,7,9,13H2,1-6H3. The molecule has 5 heteroatoms. The number of methoxy groups -OCH3 is 1. The van der Waals surface area contributed by atoms with Gasteiger partial charge in [-0.25, -0.2) is 0 Å². The van der Waals surface area contributed by atoms with Crippen LogP contribution in [0, 0.1) is 31.6 Å². The predicted octanol–water partition coefficient (Wildman–Crippen LogP) is 7.80. The van der Waals surface area contributed by atoms with E-state index in [9.17, 15) is 0 Å². The first kappa shape index (κ1) is 21.3. The van der Waals surface area contributed by atoms with Crippen LogP contribution in [0.3, 0.4) is 0 Å². The molecule has 0 saturated heterocycles. The zero-order valence-corrected chi connectivity index (χ0v) is 19.8. The number of hydrogen-bond donors (Lipinski definition) is 0. The quantitative estimate of drug-likeness (QED) is 0.425. The van der Waals surface area contributed by atoms with Gasteiger partial charge in [-0.05, 0) is 74.3 Å².